The molecule has 0 bridgehead atoms. The van der Waals surface area contributed by atoms with Gasteiger partial charge in [-0.15, -0.1) is 0 Å². The molecule has 0 N–H and O–H groups in total. The Morgan fingerprint density at radius 3 is 2.36 bits per heavy atom. The van der Waals surface area contributed by atoms with Gasteiger partial charge >= 0.3 is 0 Å². The minimum absolute atomic E-state index is 0.113. The number of halogens is 1. The van der Waals surface area contributed by atoms with Crippen LogP contribution in [0.5, 0.6) is 17.2 Å². The third kappa shape index (κ3) is 4.14. The first-order chi connectivity index (χ1) is 15.8. The quantitative estimate of drug-likeness (QED) is 0.610. The molecule has 0 saturated carbocycles. The van der Waals surface area contributed by atoms with E-state index in [4.69, 9.17) is 30.8 Å². The lowest BCUT2D eigenvalue weighted by Crippen LogP contribution is -2.38. The number of sulfonamides is 1. The molecule has 8 nitrogen and oxygen atoms in total. The first kappa shape index (κ1) is 23.0. The zero-order chi connectivity index (χ0) is 23.8. The van der Waals surface area contributed by atoms with Crippen LogP contribution in [0.25, 0.3) is 0 Å². The van der Waals surface area contributed by atoms with Crippen molar-refractivity contribution in [1.29, 1.82) is 0 Å². The van der Waals surface area contributed by atoms with Crippen molar-refractivity contribution in [3.63, 3.8) is 0 Å². The summed E-state index contributed by atoms with van der Waals surface area (Å²) >= 11 is 6.14. The van der Waals surface area contributed by atoms with Gasteiger partial charge in [0.15, 0.2) is 17.3 Å². The summed E-state index contributed by atoms with van der Waals surface area (Å²) in [6.45, 7) is 0.537. The molecule has 174 valence electrons. The molecule has 0 aromatic heterocycles. The van der Waals surface area contributed by atoms with Crippen molar-refractivity contribution in [3.05, 3.63) is 65.0 Å². The molecule has 0 amide bonds. The lowest BCUT2D eigenvalue weighted by molar-refractivity contribution is 0.323. The number of methoxy groups -OCH3 is 3. The van der Waals surface area contributed by atoms with Crippen molar-refractivity contribution in [2.24, 2.45) is 4.99 Å². The molecule has 2 aliphatic rings. The van der Waals surface area contributed by atoms with Crippen LogP contribution in [0.4, 0.5) is 5.69 Å². The van der Waals surface area contributed by atoms with Gasteiger partial charge in [0, 0.05) is 24.8 Å². The summed E-state index contributed by atoms with van der Waals surface area (Å²) < 4.78 is 43.9. The Morgan fingerprint density at radius 2 is 1.73 bits per heavy atom. The summed E-state index contributed by atoms with van der Waals surface area (Å²) in [5.74, 6) is 2.20. The smallest absolute Gasteiger partial charge is 0.266 e. The third-order valence-electron chi connectivity index (χ3n) is 5.51. The minimum atomic E-state index is -3.78. The van der Waals surface area contributed by atoms with E-state index >= 15 is 0 Å². The maximum atomic E-state index is 13.2. The topological polar surface area (TPSA) is 80.7 Å². The van der Waals surface area contributed by atoms with E-state index in [1.165, 1.54) is 17.4 Å². The molecule has 33 heavy (non-hydrogen) atoms. The molecule has 0 spiro atoms. The molecule has 4 rings (SSSR count). The molecule has 2 aliphatic heterocycles. The number of amidine groups is 1. The highest BCUT2D eigenvalue weighted by atomic mass is 35.5. The fourth-order valence-corrected chi connectivity index (χ4v) is 5.27. The summed E-state index contributed by atoms with van der Waals surface area (Å²) in [6, 6.07) is 8.39. The van der Waals surface area contributed by atoms with Gasteiger partial charge < -0.3 is 19.1 Å². The van der Waals surface area contributed by atoms with Crippen LogP contribution >= 0.6 is 11.6 Å². The van der Waals surface area contributed by atoms with Crippen LogP contribution in [-0.2, 0) is 16.4 Å². The monoisotopic (exact) mass is 489 g/mol. The number of fused-ring (bicyclic) bond motifs is 2. The van der Waals surface area contributed by atoms with Crippen LogP contribution in [0.15, 0.2) is 64.3 Å². The van der Waals surface area contributed by atoms with E-state index in [0.29, 0.717) is 52.5 Å². The van der Waals surface area contributed by atoms with Crippen LogP contribution in [-0.4, -0.2) is 58.4 Å². The molecule has 2 heterocycles. The zero-order valence-electron chi connectivity index (χ0n) is 18.7. The van der Waals surface area contributed by atoms with Crippen LogP contribution in [0.1, 0.15) is 5.56 Å². The molecule has 0 radical (unpaired) electrons. The summed E-state index contributed by atoms with van der Waals surface area (Å²) in [7, 11) is 2.46. The van der Waals surface area contributed by atoms with Crippen molar-refractivity contribution in [2.75, 3.05) is 34.9 Å². The Kier molecular flexibility index (Phi) is 6.27. The number of benzene rings is 2. The Balaban J connectivity index is 1.69. The summed E-state index contributed by atoms with van der Waals surface area (Å²) in [6.07, 6.45) is 6.03. The van der Waals surface area contributed by atoms with Crippen LogP contribution < -0.4 is 14.2 Å². The number of nitrogens with zero attached hydrogens (tertiary/aromatic N) is 3. The Morgan fingerprint density at radius 1 is 1.03 bits per heavy atom. The van der Waals surface area contributed by atoms with Gasteiger partial charge in [-0.2, -0.15) is 0 Å². The molecule has 0 unspecified atom stereocenters. The van der Waals surface area contributed by atoms with Gasteiger partial charge in [0.05, 0.1) is 32.7 Å². The van der Waals surface area contributed by atoms with Gasteiger partial charge in [-0.1, -0.05) is 11.6 Å². The van der Waals surface area contributed by atoms with E-state index in [0.717, 1.165) is 5.56 Å². The average molecular weight is 490 g/mol. The maximum absolute atomic E-state index is 13.2. The lowest BCUT2D eigenvalue weighted by atomic mass is 10.1. The van der Waals surface area contributed by atoms with Crippen LogP contribution in [0.3, 0.4) is 0 Å². The second-order valence-corrected chi connectivity index (χ2v) is 9.76. The fourth-order valence-electron chi connectivity index (χ4n) is 3.79. The number of hydrogen-bond donors (Lipinski definition) is 0. The van der Waals surface area contributed by atoms with Gasteiger partial charge in [0.25, 0.3) is 10.0 Å². The fraction of sp³-hybridized carbons (Fsp3) is 0.261. The normalized spacial score (nSPS) is 16.3. The molecular weight excluding hydrogens is 466 g/mol. The molecular formula is C23H24ClN3O5S. The maximum Gasteiger partial charge on any atom is 0.266 e. The van der Waals surface area contributed by atoms with Crippen molar-refractivity contribution in [3.8, 4) is 17.2 Å². The molecule has 2 aromatic carbocycles. The van der Waals surface area contributed by atoms with Gasteiger partial charge in [-0.3, -0.25) is 4.31 Å². The Bertz CT molecular complexity index is 1260. The summed E-state index contributed by atoms with van der Waals surface area (Å²) in [4.78, 5) is 6.73. The molecule has 0 aliphatic carbocycles. The minimum Gasteiger partial charge on any atom is -0.493 e. The van der Waals surface area contributed by atoms with Crippen LogP contribution in [0.2, 0.25) is 5.02 Å². The first-order valence-corrected chi connectivity index (χ1v) is 11.9. The molecule has 10 heteroatoms. The summed E-state index contributed by atoms with van der Waals surface area (Å²) in [5.41, 5.74) is 1.75. The van der Waals surface area contributed by atoms with Gasteiger partial charge in [0.2, 0.25) is 5.75 Å². The third-order valence-corrected chi connectivity index (χ3v) is 7.57. The highest BCUT2D eigenvalue weighted by Crippen LogP contribution is 2.39. The SMILES string of the molecule is COc1cc(CCN2C=CC=C3C2=Nc2cc(Cl)ccc2S(=O)(=O)N3C)cc(OC)c1OC. The Labute approximate surface area is 198 Å². The van der Waals surface area contributed by atoms with E-state index in [-0.39, 0.29) is 4.90 Å². The van der Waals surface area contributed by atoms with Crippen LogP contribution in [0, 0.1) is 0 Å². The number of rotatable bonds is 6. The summed E-state index contributed by atoms with van der Waals surface area (Å²) in [5, 5.41) is 0.415. The number of allylic oxidation sites excluding steroid dienone is 2. The van der Waals surface area contributed by atoms with Crippen molar-refractivity contribution >= 4 is 33.1 Å². The lowest BCUT2D eigenvalue weighted by Gasteiger charge is -2.29. The van der Waals surface area contributed by atoms with E-state index < -0.39 is 10.0 Å². The number of hydrogen-bond acceptors (Lipinski definition) is 7. The molecule has 2 aromatic rings. The second-order valence-electron chi connectivity index (χ2n) is 7.39. The van der Waals surface area contributed by atoms with E-state index in [2.05, 4.69) is 0 Å². The van der Waals surface area contributed by atoms with Gasteiger partial charge in [-0.05, 0) is 54.5 Å². The standard InChI is InChI=1S/C23H24ClN3O5S/c1-26-18-6-5-10-27(11-9-15-12-19(30-2)22(32-4)20(13-15)31-3)23(18)25-17-14-16(24)7-8-21(17)33(26,28)29/h5-8,10,12-14H,9,11H2,1-4H3. The van der Waals surface area contributed by atoms with Gasteiger partial charge in [-0.25, -0.2) is 13.4 Å². The van der Waals surface area contributed by atoms with E-state index in [1.54, 1.807) is 45.6 Å². The Hall–Kier alpha value is -3.17. The van der Waals surface area contributed by atoms with E-state index in [9.17, 15) is 8.42 Å². The largest absolute Gasteiger partial charge is 0.493 e. The number of likely N-dealkylation sites (N-methyl/N-ethyl adjacent to an activating group) is 1. The van der Waals surface area contributed by atoms with Crippen molar-refractivity contribution in [1.82, 2.24) is 9.21 Å². The average Bonchev–Trinajstić information content (AvgIpc) is 2.89. The molecule has 0 fully saturated rings. The number of ether oxygens (including phenoxy) is 3. The highest BCUT2D eigenvalue weighted by molar-refractivity contribution is 7.89. The van der Waals surface area contributed by atoms with E-state index in [1.807, 2.05) is 23.2 Å². The predicted molar refractivity (Wildman–Crippen MR) is 127 cm³/mol. The highest BCUT2D eigenvalue weighted by Gasteiger charge is 2.34. The predicted octanol–water partition coefficient (Wildman–Crippen LogP) is 3.99. The van der Waals surface area contributed by atoms with Gasteiger partial charge in [0.1, 0.15) is 4.90 Å². The molecule has 0 atom stereocenters. The molecule has 0 saturated heterocycles. The number of aliphatic imine (C=N–C) groups is 1. The first-order valence-electron chi connectivity index (χ1n) is 10.1. The zero-order valence-corrected chi connectivity index (χ0v) is 20.3. The second kappa shape index (κ2) is 8.99. The van der Waals surface area contributed by atoms with Crippen molar-refractivity contribution < 1.29 is 22.6 Å². The van der Waals surface area contributed by atoms with Crippen molar-refractivity contribution in [2.45, 2.75) is 11.3 Å².